The monoisotopic (exact) mass is 281 g/mol. The van der Waals surface area contributed by atoms with Gasteiger partial charge >= 0.3 is 0 Å². The van der Waals surface area contributed by atoms with Crippen LogP contribution >= 0.6 is 0 Å². The van der Waals surface area contributed by atoms with Crippen LogP contribution in [0.1, 0.15) is 44.7 Å². The van der Waals surface area contributed by atoms with Crippen LogP contribution in [0.25, 0.3) is 0 Å². The van der Waals surface area contributed by atoms with Crippen LogP contribution < -0.4 is 20.3 Å². The lowest BCUT2D eigenvalue weighted by Gasteiger charge is -2.15. The van der Waals surface area contributed by atoms with Crippen LogP contribution in [0.15, 0.2) is 18.2 Å². The van der Waals surface area contributed by atoms with Gasteiger partial charge in [-0.1, -0.05) is 13.3 Å². The van der Waals surface area contributed by atoms with Crippen molar-refractivity contribution in [3.05, 3.63) is 23.8 Å². The SMILES string of the molecule is CCCCOc1ccc([C@@H]([NH3+])CC(=O)[O-])cc1OCC. The first-order valence-electron chi connectivity index (χ1n) is 7.00. The van der Waals surface area contributed by atoms with E-state index in [9.17, 15) is 9.90 Å². The number of carboxylic acids is 1. The van der Waals surface area contributed by atoms with Crippen LogP contribution in [0.4, 0.5) is 0 Å². The molecule has 0 bridgehead atoms. The molecule has 1 aromatic rings. The second-order valence-corrected chi connectivity index (χ2v) is 4.61. The molecule has 0 aliphatic heterocycles. The van der Waals surface area contributed by atoms with Crippen molar-refractivity contribution in [1.29, 1.82) is 0 Å². The summed E-state index contributed by atoms with van der Waals surface area (Å²) in [4.78, 5) is 10.6. The van der Waals surface area contributed by atoms with Crippen molar-refractivity contribution < 1.29 is 25.1 Å². The Morgan fingerprint density at radius 2 is 2.05 bits per heavy atom. The van der Waals surface area contributed by atoms with Gasteiger partial charge in [-0.25, -0.2) is 0 Å². The Hall–Kier alpha value is -1.75. The Bertz CT molecular complexity index is 434. The predicted molar refractivity (Wildman–Crippen MR) is 73.3 cm³/mol. The first-order valence-corrected chi connectivity index (χ1v) is 7.00. The third kappa shape index (κ3) is 5.09. The zero-order valence-corrected chi connectivity index (χ0v) is 12.2. The molecule has 0 amide bonds. The lowest BCUT2D eigenvalue weighted by molar-refractivity contribution is -0.430. The van der Waals surface area contributed by atoms with Gasteiger partial charge in [0, 0.05) is 18.0 Å². The molecule has 0 unspecified atom stereocenters. The molecule has 0 aliphatic carbocycles. The molecule has 0 saturated heterocycles. The maximum Gasteiger partial charge on any atom is 0.161 e. The molecule has 0 saturated carbocycles. The summed E-state index contributed by atoms with van der Waals surface area (Å²) in [6.45, 7) is 5.16. The molecule has 20 heavy (non-hydrogen) atoms. The van der Waals surface area contributed by atoms with Crippen molar-refractivity contribution in [3.8, 4) is 11.5 Å². The molecule has 5 heteroatoms. The van der Waals surface area contributed by atoms with E-state index in [1.165, 1.54) is 0 Å². The molecule has 0 fully saturated rings. The van der Waals surface area contributed by atoms with E-state index in [1.54, 1.807) is 6.07 Å². The largest absolute Gasteiger partial charge is 0.550 e. The van der Waals surface area contributed by atoms with Crippen LogP contribution in [0.3, 0.4) is 0 Å². The standard InChI is InChI=1S/C15H23NO4/c1-3-5-8-20-13-7-6-11(9-14(13)19-4-2)12(16)10-15(17)18/h6-7,9,12H,3-5,8,10,16H2,1-2H3,(H,17,18)/t12-/m0/s1. The number of carbonyl (C=O) groups excluding carboxylic acids is 1. The fourth-order valence-corrected chi connectivity index (χ4v) is 1.81. The molecule has 0 aromatic heterocycles. The van der Waals surface area contributed by atoms with E-state index in [0.29, 0.717) is 24.7 Å². The van der Waals surface area contributed by atoms with Crippen LogP contribution in [0, 0.1) is 0 Å². The number of hydrogen-bond acceptors (Lipinski definition) is 4. The van der Waals surface area contributed by atoms with Crippen molar-refractivity contribution in [1.82, 2.24) is 0 Å². The van der Waals surface area contributed by atoms with E-state index in [0.717, 1.165) is 18.4 Å². The van der Waals surface area contributed by atoms with E-state index in [1.807, 2.05) is 19.1 Å². The van der Waals surface area contributed by atoms with Crippen LogP contribution in [0.2, 0.25) is 0 Å². The number of quaternary nitrogens is 1. The molecule has 0 aliphatic rings. The minimum Gasteiger partial charge on any atom is -0.550 e. The number of carboxylic acid groups (broad SMARTS) is 1. The van der Waals surface area contributed by atoms with E-state index < -0.39 is 5.97 Å². The predicted octanol–water partition coefficient (Wildman–Crippen LogP) is 0.687. The quantitative estimate of drug-likeness (QED) is 0.675. The highest BCUT2D eigenvalue weighted by Gasteiger charge is 2.14. The third-order valence-electron chi connectivity index (χ3n) is 2.91. The Morgan fingerprint density at radius 3 is 2.65 bits per heavy atom. The highest BCUT2D eigenvalue weighted by atomic mass is 16.5. The Morgan fingerprint density at radius 1 is 1.30 bits per heavy atom. The average Bonchev–Trinajstić information content (AvgIpc) is 2.40. The smallest absolute Gasteiger partial charge is 0.161 e. The topological polar surface area (TPSA) is 86.2 Å². The number of unbranched alkanes of at least 4 members (excludes halogenated alkanes) is 1. The summed E-state index contributed by atoms with van der Waals surface area (Å²) < 4.78 is 11.2. The highest BCUT2D eigenvalue weighted by Crippen LogP contribution is 2.30. The summed E-state index contributed by atoms with van der Waals surface area (Å²) >= 11 is 0. The fourth-order valence-electron chi connectivity index (χ4n) is 1.81. The average molecular weight is 281 g/mol. The van der Waals surface area contributed by atoms with E-state index in [2.05, 4.69) is 12.7 Å². The molecule has 1 aromatic carbocycles. The fraction of sp³-hybridized carbons (Fsp3) is 0.533. The van der Waals surface area contributed by atoms with Gasteiger partial charge in [-0.05, 0) is 31.5 Å². The van der Waals surface area contributed by atoms with Crippen LogP contribution in [-0.2, 0) is 4.79 Å². The number of rotatable bonds is 9. The van der Waals surface area contributed by atoms with Gasteiger partial charge in [-0.3, -0.25) is 0 Å². The number of ether oxygens (including phenoxy) is 2. The highest BCUT2D eigenvalue weighted by molar-refractivity contribution is 5.65. The minimum atomic E-state index is -1.11. The number of aliphatic carboxylic acids is 1. The summed E-state index contributed by atoms with van der Waals surface area (Å²) in [5, 5.41) is 10.6. The molecule has 0 heterocycles. The van der Waals surface area contributed by atoms with Gasteiger partial charge in [-0.15, -0.1) is 0 Å². The van der Waals surface area contributed by atoms with Gasteiger partial charge in [0.25, 0.3) is 0 Å². The van der Waals surface area contributed by atoms with Gasteiger partial charge in [0.15, 0.2) is 11.5 Å². The zero-order valence-electron chi connectivity index (χ0n) is 12.2. The second kappa shape index (κ2) is 8.43. The van der Waals surface area contributed by atoms with Crippen LogP contribution in [0.5, 0.6) is 11.5 Å². The summed E-state index contributed by atoms with van der Waals surface area (Å²) in [5.41, 5.74) is 4.64. The first-order chi connectivity index (χ1) is 9.58. The lowest BCUT2D eigenvalue weighted by Crippen LogP contribution is -2.55. The maximum atomic E-state index is 10.6. The van der Waals surface area contributed by atoms with Gasteiger partial charge in [0.1, 0.15) is 6.04 Å². The van der Waals surface area contributed by atoms with Gasteiger partial charge in [-0.2, -0.15) is 0 Å². The molecule has 112 valence electrons. The summed E-state index contributed by atoms with van der Waals surface area (Å²) in [7, 11) is 0. The van der Waals surface area contributed by atoms with Gasteiger partial charge < -0.3 is 25.1 Å². The lowest BCUT2D eigenvalue weighted by atomic mass is 10.0. The maximum absolute atomic E-state index is 10.6. The zero-order chi connectivity index (χ0) is 15.0. The molecular formula is C15H23NO4. The minimum absolute atomic E-state index is 0.110. The number of benzene rings is 1. The van der Waals surface area contributed by atoms with Crippen LogP contribution in [-0.4, -0.2) is 19.2 Å². The number of carbonyl (C=O) groups is 1. The first kappa shape index (κ1) is 16.3. The normalized spacial score (nSPS) is 11.9. The summed E-state index contributed by atoms with van der Waals surface area (Å²) in [6.07, 6.45) is 1.94. The number of hydrogen-bond donors (Lipinski definition) is 1. The third-order valence-corrected chi connectivity index (χ3v) is 2.91. The van der Waals surface area contributed by atoms with E-state index in [-0.39, 0.29) is 12.5 Å². The summed E-state index contributed by atoms with van der Waals surface area (Å²) in [5.74, 6) is 0.212. The molecule has 5 nitrogen and oxygen atoms in total. The Kier molecular flexibility index (Phi) is 6.87. The van der Waals surface area contributed by atoms with E-state index >= 15 is 0 Å². The van der Waals surface area contributed by atoms with Crippen molar-refractivity contribution in [2.45, 2.75) is 39.2 Å². The molecule has 1 rings (SSSR count). The van der Waals surface area contributed by atoms with Crippen molar-refractivity contribution >= 4 is 5.97 Å². The Balaban J connectivity index is 2.84. The molecule has 3 N–H and O–H groups in total. The molecular weight excluding hydrogens is 258 g/mol. The van der Waals surface area contributed by atoms with Gasteiger partial charge in [0.2, 0.25) is 0 Å². The molecule has 1 atom stereocenters. The van der Waals surface area contributed by atoms with E-state index in [4.69, 9.17) is 9.47 Å². The van der Waals surface area contributed by atoms with Crippen molar-refractivity contribution in [2.24, 2.45) is 0 Å². The van der Waals surface area contributed by atoms with Crippen molar-refractivity contribution in [2.75, 3.05) is 13.2 Å². The van der Waals surface area contributed by atoms with Crippen molar-refractivity contribution in [3.63, 3.8) is 0 Å². The van der Waals surface area contributed by atoms with Gasteiger partial charge in [0.05, 0.1) is 13.2 Å². The second-order valence-electron chi connectivity index (χ2n) is 4.61. The summed E-state index contributed by atoms with van der Waals surface area (Å²) in [6, 6.07) is 5.07. The molecule has 0 radical (unpaired) electrons. The Labute approximate surface area is 119 Å². The molecule has 0 spiro atoms.